The third kappa shape index (κ3) is 3.98. The zero-order valence-electron chi connectivity index (χ0n) is 13.4. The zero-order chi connectivity index (χ0) is 17.9. The van der Waals surface area contributed by atoms with Crippen molar-refractivity contribution in [3.05, 3.63) is 47.1 Å². The molecule has 0 aliphatic rings. The lowest BCUT2D eigenvalue weighted by Crippen LogP contribution is -2.43. The first kappa shape index (κ1) is 18.1. The Hall–Kier alpha value is -2.26. The number of sulfonamides is 1. The van der Waals surface area contributed by atoms with Crippen molar-refractivity contribution in [1.29, 1.82) is 0 Å². The monoisotopic (exact) mass is 356 g/mol. The minimum absolute atomic E-state index is 0.00948. The summed E-state index contributed by atoms with van der Waals surface area (Å²) in [6, 6.07) is 4.23. The van der Waals surface area contributed by atoms with Gasteiger partial charge in [0.25, 0.3) is 0 Å². The van der Waals surface area contributed by atoms with Gasteiger partial charge in [-0.3, -0.25) is 4.79 Å². The van der Waals surface area contributed by atoms with Gasteiger partial charge >= 0.3 is 5.97 Å². The van der Waals surface area contributed by atoms with Crippen LogP contribution >= 0.6 is 0 Å². The molecule has 9 heteroatoms. The summed E-state index contributed by atoms with van der Waals surface area (Å²) in [6.07, 6.45) is 0.00948. The molecule has 0 fully saturated rings. The predicted octanol–water partition coefficient (Wildman–Crippen LogP) is 1.49. The molecule has 24 heavy (non-hydrogen) atoms. The molecule has 0 amide bonds. The molecule has 0 bridgehead atoms. The summed E-state index contributed by atoms with van der Waals surface area (Å²) in [5.41, 5.74) is 0.763. The molecule has 1 atom stereocenters. The summed E-state index contributed by atoms with van der Waals surface area (Å²) in [5.74, 6) is -1.07. The number of halogens is 1. The number of benzene rings is 1. The van der Waals surface area contributed by atoms with Gasteiger partial charge in [0.15, 0.2) is 5.76 Å². The van der Waals surface area contributed by atoms with Crippen LogP contribution in [0.5, 0.6) is 0 Å². The van der Waals surface area contributed by atoms with Crippen LogP contribution in [0, 0.1) is 19.7 Å². The van der Waals surface area contributed by atoms with Crippen LogP contribution in [0.15, 0.2) is 33.7 Å². The average Bonchev–Trinajstić information content (AvgIpc) is 2.87. The van der Waals surface area contributed by atoms with Crippen molar-refractivity contribution in [2.24, 2.45) is 0 Å². The fraction of sp³-hybridized carbons (Fsp3) is 0.333. The van der Waals surface area contributed by atoms with Crippen molar-refractivity contribution in [3.63, 3.8) is 0 Å². The lowest BCUT2D eigenvalue weighted by Gasteiger charge is -2.16. The molecule has 1 heterocycles. The van der Waals surface area contributed by atoms with Crippen LogP contribution in [0.25, 0.3) is 0 Å². The highest BCUT2D eigenvalue weighted by Gasteiger charge is 2.31. The molecule has 1 aromatic heterocycles. The number of ether oxygens (including phenoxy) is 1. The van der Waals surface area contributed by atoms with Gasteiger partial charge in [-0.1, -0.05) is 17.3 Å². The number of hydrogen-bond donors (Lipinski definition) is 1. The lowest BCUT2D eigenvalue weighted by molar-refractivity contribution is -0.142. The highest BCUT2D eigenvalue weighted by molar-refractivity contribution is 7.89. The van der Waals surface area contributed by atoms with Crippen LogP contribution in [-0.4, -0.2) is 32.7 Å². The van der Waals surface area contributed by atoms with Crippen molar-refractivity contribution < 1.29 is 26.9 Å². The lowest BCUT2D eigenvalue weighted by atomic mass is 10.1. The summed E-state index contributed by atoms with van der Waals surface area (Å²) in [7, 11) is -2.89. The molecule has 0 saturated carbocycles. The van der Waals surface area contributed by atoms with E-state index in [-0.39, 0.29) is 22.8 Å². The first-order valence-corrected chi connectivity index (χ1v) is 8.50. The Morgan fingerprint density at radius 1 is 1.33 bits per heavy atom. The number of aryl methyl sites for hydroxylation is 2. The molecule has 1 aromatic carbocycles. The van der Waals surface area contributed by atoms with Gasteiger partial charge in [0, 0.05) is 0 Å². The molecule has 2 rings (SSSR count). The molecule has 0 radical (unpaired) electrons. The Morgan fingerprint density at radius 2 is 1.96 bits per heavy atom. The fourth-order valence-electron chi connectivity index (χ4n) is 2.28. The summed E-state index contributed by atoms with van der Waals surface area (Å²) in [5, 5.41) is 3.60. The van der Waals surface area contributed by atoms with E-state index in [0.29, 0.717) is 5.56 Å². The maximum Gasteiger partial charge on any atom is 0.324 e. The number of esters is 1. The Bertz CT molecular complexity index is 811. The van der Waals surface area contributed by atoms with Crippen LogP contribution in [-0.2, 0) is 26.0 Å². The van der Waals surface area contributed by atoms with Gasteiger partial charge in [-0.15, -0.1) is 0 Å². The van der Waals surface area contributed by atoms with Gasteiger partial charge in [-0.05, 0) is 38.0 Å². The van der Waals surface area contributed by atoms with Crippen molar-refractivity contribution in [2.75, 3.05) is 7.11 Å². The number of carbonyl (C=O) groups excluding carboxylic acids is 1. The normalized spacial score (nSPS) is 12.8. The van der Waals surface area contributed by atoms with Crippen LogP contribution in [0.3, 0.4) is 0 Å². The smallest absolute Gasteiger partial charge is 0.324 e. The average molecular weight is 356 g/mol. The van der Waals surface area contributed by atoms with Crippen LogP contribution in [0.2, 0.25) is 0 Å². The van der Waals surface area contributed by atoms with Crippen molar-refractivity contribution in [2.45, 2.75) is 31.2 Å². The molecule has 0 saturated heterocycles. The zero-order valence-corrected chi connectivity index (χ0v) is 14.2. The number of nitrogens with zero attached hydrogens (tertiary/aromatic N) is 1. The third-order valence-corrected chi connectivity index (χ3v) is 5.09. The topological polar surface area (TPSA) is 98.5 Å². The quantitative estimate of drug-likeness (QED) is 0.788. The van der Waals surface area contributed by atoms with Crippen LogP contribution in [0.4, 0.5) is 4.39 Å². The maximum absolute atomic E-state index is 13.0. The number of methoxy groups -OCH3 is 1. The Kier molecular flexibility index (Phi) is 5.35. The standard InChI is InChI=1S/C15H17FN2O5S/c1-9-14(10(2)23-17-9)24(20,21)18-13(15(19)22-3)8-11-4-6-12(16)7-5-11/h4-7,13,18H,8H2,1-3H3. The highest BCUT2D eigenvalue weighted by atomic mass is 32.2. The second-order valence-corrected chi connectivity index (χ2v) is 6.83. The Labute approximate surface area is 138 Å². The van der Waals surface area contributed by atoms with Gasteiger partial charge in [-0.2, -0.15) is 4.72 Å². The summed E-state index contributed by atoms with van der Waals surface area (Å²) < 4.78 is 49.8. The van der Waals surface area contributed by atoms with Crippen LogP contribution in [0.1, 0.15) is 17.0 Å². The minimum Gasteiger partial charge on any atom is -0.468 e. The van der Waals surface area contributed by atoms with Crippen LogP contribution < -0.4 is 4.72 Å². The van der Waals surface area contributed by atoms with Crippen molar-refractivity contribution in [1.82, 2.24) is 9.88 Å². The molecular formula is C15H17FN2O5S. The van der Waals surface area contributed by atoms with Crippen molar-refractivity contribution >= 4 is 16.0 Å². The van der Waals surface area contributed by atoms with E-state index < -0.39 is 27.9 Å². The molecule has 0 spiro atoms. The second-order valence-electron chi connectivity index (χ2n) is 5.18. The van der Waals surface area contributed by atoms with E-state index in [9.17, 15) is 17.6 Å². The number of carbonyl (C=O) groups is 1. The molecule has 0 aliphatic carbocycles. The second kappa shape index (κ2) is 7.10. The largest absolute Gasteiger partial charge is 0.468 e. The first-order valence-electron chi connectivity index (χ1n) is 7.02. The number of aromatic nitrogens is 1. The molecular weight excluding hydrogens is 339 g/mol. The SMILES string of the molecule is COC(=O)C(Cc1ccc(F)cc1)NS(=O)(=O)c1c(C)noc1C. The van der Waals surface area contributed by atoms with Crippen molar-refractivity contribution in [3.8, 4) is 0 Å². The van der Waals surface area contributed by atoms with E-state index in [0.717, 1.165) is 7.11 Å². The number of rotatable bonds is 6. The first-order chi connectivity index (χ1) is 11.2. The number of nitrogens with one attached hydrogen (secondary N) is 1. The van der Waals surface area contributed by atoms with E-state index >= 15 is 0 Å². The van der Waals surface area contributed by atoms with Gasteiger partial charge in [0.2, 0.25) is 10.0 Å². The summed E-state index contributed by atoms with van der Waals surface area (Å²) >= 11 is 0. The molecule has 2 aromatic rings. The molecule has 1 N–H and O–H groups in total. The third-order valence-electron chi connectivity index (χ3n) is 3.37. The summed E-state index contributed by atoms with van der Waals surface area (Å²) in [4.78, 5) is 11.8. The van der Waals surface area contributed by atoms with Gasteiger partial charge in [-0.25, -0.2) is 12.8 Å². The molecule has 1 unspecified atom stereocenters. The molecule has 130 valence electrons. The highest BCUT2D eigenvalue weighted by Crippen LogP contribution is 2.19. The number of hydrogen-bond acceptors (Lipinski definition) is 6. The molecule has 7 nitrogen and oxygen atoms in total. The predicted molar refractivity (Wildman–Crippen MR) is 82.2 cm³/mol. The Balaban J connectivity index is 2.29. The molecule has 0 aliphatic heterocycles. The maximum atomic E-state index is 13.0. The summed E-state index contributed by atoms with van der Waals surface area (Å²) in [6.45, 7) is 2.94. The van der Waals surface area contributed by atoms with E-state index in [1.54, 1.807) is 0 Å². The fourth-order valence-corrected chi connectivity index (χ4v) is 3.79. The van der Waals surface area contributed by atoms with E-state index in [4.69, 9.17) is 4.52 Å². The van der Waals surface area contributed by atoms with E-state index in [1.807, 2.05) is 0 Å². The van der Waals surface area contributed by atoms with Gasteiger partial charge in [0.1, 0.15) is 22.4 Å². The van der Waals surface area contributed by atoms with E-state index in [1.165, 1.54) is 38.1 Å². The van der Waals surface area contributed by atoms with Gasteiger partial charge < -0.3 is 9.26 Å². The Morgan fingerprint density at radius 3 is 2.46 bits per heavy atom. The van der Waals surface area contributed by atoms with Gasteiger partial charge in [0.05, 0.1) is 7.11 Å². The minimum atomic E-state index is -4.04. The van der Waals surface area contributed by atoms with E-state index in [2.05, 4.69) is 14.6 Å².